The van der Waals surface area contributed by atoms with Crippen molar-refractivity contribution >= 4 is 22.9 Å². The SMILES string of the molecule is CCCC(O)CNCc1sccc1NC(C)=O. The topological polar surface area (TPSA) is 61.4 Å². The van der Waals surface area contributed by atoms with E-state index in [-0.39, 0.29) is 12.0 Å². The van der Waals surface area contributed by atoms with Crippen molar-refractivity contribution in [1.82, 2.24) is 5.32 Å². The average molecular weight is 256 g/mol. The molecule has 1 rings (SSSR count). The Hall–Kier alpha value is -0.910. The van der Waals surface area contributed by atoms with Crippen LogP contribution < -0.4 is 10.6 Å². The van der Waals surface area contributed by atoms with Gasteiger partial charge in [-0.3, -0.25) is 4.79 Å². The molecule has 96 valence electrons. The lowest BCUT2D eigenvalue weighted by molar-refractivity contribution is -0.114. The molecule has 4 nitrogen and oxygen atoms in total. The molecule has 3 N–H and O–H groups in total. The number of aliphatic hydroxyl groups excluding tert-OH is 1. The van der Waals surface area contributed by atoms with Crippen molar-refractivity contribution in [2.45, 2.75) is 39.3 Å². The van der Waals surface area contributed by atoms with Crippen LogP contribution in [0.2, 0.25) is 0 Å². The molecule has 1 heterocycles. The smallest absolute Gasteiger partial charge is 0.221 e. The number of nitrogens with one attached hydrogen (secondary N) is 2. The lowest BCUT2D eigenvalue weighted by Crippen LogP contribution is -2.26. The van der Waals surface area contributed by atoms with Crippen LogP contribution in [0.15, 0.2) is 11.4 Å². The number of aliphatic hydroxyl groups is 1. The highest BCUT2D eigenvalue weighted by Crippen LogP contribution is 2.21. The molecule has 0 saturated carbocycles. The molecular weight excluding hydrogens is 236 g/mol. The summed E-state index contributed by atoms with van der Waals surface area (Å²) >= 11 is 1.60. The molecule has 1 atom stereocenters. The normalized spacial score (nSPS) is 12.4. The molecule has 5 heteroatoms. The molecular formula is C12H20N2O2S. The van der Waals surface area contributed by atoms with Gasteiger partial charge in [0.2, 0.25) is 5.91 Å². The van der Waals surface area contributed by atoms with Gasteiger partial charge in [0, 0.05) is 24.9 Å². The molecule has 1 aromatic rings. The van der Waals surface area contributed by atoms with Gasteiger partial charge in [-0.25, -0.2) is 0 Å². The Bertz CT molecular complexity index is 352. The highest BCUT2D eigenvalue weighted by molar-refractivity contribution is 7.10. The minimum Gasteiger partial charge on any atom is -0.392 e. The van der Waals surface area contributed by atoms with E-state index in [0.29, 0.717) is 13.1 Å². The molecule has 0 aliphatic carbocycles. The quantitative estimate of drug-likeness (QED) is 0.699. The second-order valence-electron chi connectivity index (χ2n) is 4.01. The maximum absolute atomic E-state index is 11.0. The van der Waals surface area contributed by atoms with Gasteiger partial charge >= 0.3 is 0 Å². The maximum Gasteiger partial charge on any atom is 0.221 e. The first kappa shape index (κ1) is 14.2. The lowest BCUT2D eigenvalue weighted by Gasteiger charge is -2.10. The fourth-order valence-electron chi connectivity index (χ4n) is 1.57. The standard InChI is InChI=1S/C12H20N2O2S/c1-3-4-10(16)7-13-8-12-11(5-6-17-12)14-9(2)15/h5-6,10,13,16H,3-4,7-8H2,1-2H3,(H,14,15). The van der Waals surface area contributed by atoms with Crippen molar-refractivity contribution in [2.24, 2.45) is 0 Å². The fraction of sp³-hybridized carbons (Fsp3) is 0.583. The Morgan fingerprint density at radius 1 is 1.59 bits per heavy atom. The van der Waals surface area contributed by atoms with E-state index in [1.165, 1.54) is 6.92 Å². The van der Waals surface area contributed by atoms with Crippen LogP contribution in [-0.2, 0) is 11.3 Å². The Kier molecular flexibility index (Phi) is 6.18. The first-order chi connectivity index (χ1) is 8.13. The van der Waals surface area contributed by atoms with Crippen LogP contribution in [0.5, 0.6) is 0 Å². The van der Waals surface area contributed by atoms with Crippen LogP contribution in [0.25, 0.3) is 0 Å². The zero-order valence-corrected chi connectivity index (χ0v) is 11.1. The average Bonchev–Trinajstić information content (AvgIpc) is 2.65. The van der Waals surface area contributed by atoms with E-state index >= 15 is 0 Å². The van der Waals surface area contributed by atoms with Gasteiger partial charge in [0.15, 0.2) is 0 Å². The van der Waals surface area contributed by atoms with E-state index in [1.54, 1.807) is 11.3 Å². The predicted octanol–water partition coefficient (Wildman–Crippen LogP) is 1.96. The number of hydrogen-bond donors (Lipinski definition) is 3. The highest BCUT2D eigenvalue weighted by Gasteiger charge is 2.06. The summed E-state index contributed by atoms with van der Waals surface area (Å²) in [6, 6.07) is 1.89. The molecule has 0 aliphatic heterocycles. The van der Waals surface area contributed by atoms with E-state index < -0.39 is 0 Å². The fourth-order valence-corrected chi connectivity index (χ4v) is 2.37. The van der Waals surface area contributed by atoms with Gasteiger partial charge in [-0.2, -0.15) is 0 Å². The maximum atomic E-state index is 11.0. The Morgan fingerprint density at radius 2 is 2.35 bits per heavy atom. The number of carbonyl (C=O) groups is 1. The van der Waals surface area contributed by atoms with Crippen molar-refractivity contribution in [3.05, 3.63) is 16.3 Å². The van der Waals surface area contributed by atoms with E-state index in [4.69, 9.17) is 0 Å². The number of amides is 1. The van der Waals surface area contributed by atoms with Gasteiger partial charge in [0.25, 0.3) is 0 Å². The second kappa shape index (κ2) is 7.42. The van der Waals surface area contributed by atoms with Crippen molar-refractivity contribution in [3.63, 3.8) is 0 Å². The summed E-state index contributed by atoms with van der Waals surface area (Å²) in [5.74, 6) is -0.0596. The van der Waals surface area contributed by atoms with Gasteiger partial charge < -0.3 is 15.7 Å². The monoisotopic (exact) mass is 256 g/mol. The molecule has 0 bridgehead atoms. The third-order valence-corrected chi connectivity index (χ3v) is 3.26. The molecule has 0 aliphatic rings. The molecule has 0 spiro atoms. The summed E-state index contributed by atoms with van der Waals surface area (Å²) < 4.78 is 0. The van der Waals surface area contributed by atoms with Gasteiger partial charge in [-0.1, -0.05) is 13.3 Å². The van der Waals surface area contributed by atoms with Crippen LogP contribution in [0.4, 0.5) is 5.69 Å². The number of anilines is 1. The molecule has 0 aromatic carbocycles. The Labute approximate surface area is 106 Å². The zero-order valence-electron chi connectivity index (χ0n) is 10.3. The first-order valence-electron chi connectivity index (χ1n) is 5.86. The minimum absolute atomic E-state index is 0.0596. The van der Waals surface area contributed by atoms with E-state index in [0.717, 1.165) is 23.4 Å². The summed E-state index contributed by atoms with van der Waals surface area (Å²) in [6.45, 7) is 4.82. The van der Waals surface area contributed by atoms with Crippen molar-refractivity contribution < 1.29 is 9.90 Å². The highest BCUT2D eigenvalue weighted by atomic mass is 32.1. The van der Waals surface area contributed by atoms with Gasteiger partial charge in [-0.05, 0) is 17.9 Å². The van der Waals surface area contributed by atoms with E-state index in [1.807, 2.05) is 11.4 Å². The number of hydrogen-bond acceptors (Lipinski definition) is 4. The minimum atomic E-state index is -0.288. The molecule has 0 radical (unpaired) electrons. The van der Waals surface area contributed by atoms with Crippen LogP contribution in [-0.4, -0.2) is 23.7 Å². The van der Waals surface area contributed by atoms with Gasteiger partial charge in [-0.15, -0.1) is 11.3 Å². The second-order valence-corrected chi connectivity index (χ2v) is 5.01. The van der Waals surface area contributed by atoms with Crippen LogP contribution in [0.1, 0.15) is 31.6 Å². The number of carbonyl (C=O) groups excluding carboxylic acids is 1. The summed E-state index contributed by atoms with van der Waals surface area (Å²) in [5, 5.41) is 17.5. The van der Waals surface area contributed by atoms with Gasteiger partial charge in [0.05, 0.1) is 11.8 Å². The Balaban J connectivity index is 2.36. The third-order valence-electron chi connectivity index (χ3n) is 2.34. The van der Waals surface area contributed by atoms with Crippen molar-refractivity contribution in [1.29, 1.82) is 0 Å². The summed E-state index contributed by atoms with van der Waals surface area (Å²) in [6.07, 6.45) is 1.51. The molecule has 0 fully saturated rings. The van der Waals surface area contributed by atoms with Crippen molar-refractivity contribution in [2.75, 3.05) is 11.9 Å². The van der Waals surface area contributed by atoms with E-state index in [2.05, 4.69) is 17.6 Å². The largest absolute Gasteiger partial charge is 0.392 e. The summed E-state index contributed by atoms with van der Waals surface area (Å²) in [4.78, 5) is 12.1. The molecule has 1 unspecified atom stereocenters. The zero-order chi connectivity index (χ0) is 12.7. The number of rotatable bonds is 7. The molecule has 1 aromatic heterocycles. The molecule has 1 amide bonds. The predicted molar refractivity (Wildman–Crippen MR) is 71.2 cm³/mol. The number of thiophene rings is 1. The van der Waals surface area contributed by atoms with Crippen LogP contribution >= 0.6 is 11.3 Å². The summed E-state index contributed by atoms with van der Waals surface area (Å²) in [5.41, 5.74) is 0.861. The Morgan fingerprint density at radius 3 is 3.00 bits per heavy atom. The molecule has 17 heavy (non-hydrogen) atoms. The third kappa shape index (κ3) is 5.30. The first-order valence-corrected chi connectivity index (χ1v) is 6.74. The lowest BCUT2D eigenvalue weighted by atomic mass is 10.2. The van der Waals surface area contributed by atoms with Crippen molar-refractivity contribution in [3.8, 4) is 0 Å². The molecule has 0 saturated heterocycles. The summed E-state index contributed by atoms with van der Waals surface area (Å²) in [7, 11) is 0. The van der Waals surface area contributed by atoms with E-state index in [9.17, 15) is 9.90 Å². The van der Waals surface area contributed by atoms with Gasteiger partial charge in [0.1, 0.15) is 0 Å². The van der Waals surface area contributed by atoms with Crippen LogP contribution in [0.3, 0.4) is 0 Å². The van der Waals surface area contributed by atoms with Crippen LogP contribution in [0, 0.1) is 0 Å².